The predicted octanol–water partition coefficient (Wildman–Crippen LogP) is 3.12. The first-order valence-electron chi connectivity index (χ1n) is 5.49. The van der Waals surface area contributed by atoms with Crippen molar-refractivity contribution in [3.8, 4) is 0 Å². The van der Waals surface area contributed by atoms with Crippen molar-refractivity contribution in [2.45, 2.75) is 38.6 Å². The van der Waals surface area contributed by atoms with E-state index in [0.717, 1.165) is 11.7 Å². The van der Waals surface area contributed by atoms with Gasteiger partial charge in [0.15, 0.2) is 0 Å². The minimum absolute atomic E-state index is 0.309. The van der Waals surface area contributed by atoms with E-state index in [9.17, 15) is 0 Å². The normalized spacial score (nSPS) is 26.3. The Morgan fingerprint density at radius 2 is 2.33 bits per heavy atom. The van der Waals surface area contributed by atoms with Gasteiger partial charge in [0.05, 0.1) is 0 Å². The standard InChI is InChI=1S/C11H16ClN3/c1-8-3-2-4-9(7-8)14-10-5-6-13-11(12)15-10/h5-6,8-9H,2-4,7H2,1H3,(H,13,14,15). The molecule has 15 heavy (non-hydrogen) atoms. The highest BCUT2D eigenvalue weighted by Gasteiger charge is 2.18. The number of anilines is 1. The monoisotopic (exact) mass is 225 g/mol. The Morgan fingerprint density at radius 1 is 1.47 bits per heavy atom. The van der Waals surface area contributed by atoms with Gasteiger partial charge in [-0.3, -0.25) is 0 Å². The molecule has 0 saturated heterocycles. The summed E-state index contributed by atoms with van der Waals surface area (Å²) >= 11 is 5.73. The number of aromatic nitrogens is 2. The summed E-state index contributed by atoms with van der Waals surface area (Å²) in [6.45, 7) is 2.31. The first-order chi connectivity index (χ1) is 7.24. The van der Waals surface area contributed by atoms with Crippen LogP contribution in [0.5, 0.6) is 0 Å². The van der Waals surface area contributed by atoms with E-state index in [1.54, 1.807) is 6.20 Å². The van der Waals surface area contributed by atoms with Crippen molar-refractivity contribution in [3.05, 3.63) is 17.5 Å². The Kier molecular flexibility index (Phi) is 3.41. The molecule has 0 spiro atoms. The van der Waals surface area contributed by atoms with Gasteiger partial charge in [-0.05, 0) is 36.4 Å². The van der Waals surface area contributed by atoms with E-state index < -0.39 is 0 Å². The number of nitrogens with one attached hydrogen (secondary N) is 1. The number of rotatable bonds is 2. The first-order valence-corrected chi connectivity index (χ1v) is 5.87. The molecule has 1 aliphatic carbocycles. The molecule has 1 aliphatic rings. The van der Waals surface area contributed by atoms with E-state index >= 15 is 0 Å². The Labute approximate surface area is 95.3 Å². The molecule has 0 amide bonds. The van der Waals surface area contributed by atoms with Crippen molar-refractivity contribution in [1.82, 2.24) is 9.97 Å². The van der Waals surface area contributed by atoms with Crippen LogP contribution in [-0.4, -0.2) is 16.0 Å². The zero-order valence-electron chi connectivity index (χ0n) is 8.91. The van der Waals surface area contributed by atoms with Crippen LogP contribution in [0.15, 0.2) is 12.3 Å². The second kappa shape index (κ2) is 4.79. The summed E-state index contributed by atoms with van der Waals surface area (Å²) in [6, 6.07) is 2.41. The van der Waals surface area contributed by atoms with Crippen molar-refractivity contribution >= 4 is 17.4 Å². The van der Waals surface area contributed by atoms with Crippen LogP contribution in [-0.2, 0) is 0 Å². The Bertz CT molecular complexity index is 329. The van der Waals surface area contributed by atoms with Gasteiger partial charge in [0.25, 0.3) is 0 Å². The molecule has 2 atom stereocenters. The zero-order valence-corrected chi connectivity index (χ0v) is 9.67. The minimum Gasteiger partial charge on any atom is -0.367 e. The van der Waals surface area contributed by atoms with Crippen LogP contribution in [0, 0.1) is 5.92 Å². The van der Waals surface area contributed by atoms with Gasteiger partial charge in [-0.1, -0.05) is 19.8 Å². The van der Waals surface area contributed by atoms with Crippen LogP contribution in [0.1, 0.15) is 32.6 Å². The molecule has 3 nitrogen and oxygen atoms in total. The van der Waals surface area contributed by atoms with E-state index in [0.29, 0.717) is 11.3 Å². The van der Waals surface area contributed by atoms with Gasteiger partial charge in [-0.25, -0.2) is 9.97 Å². The molecule has 2 unspecified atom stereocenters. The van der Waals surface area contributed by atoms with Gasteiger partial charge in [0.1, 0.15) is 5.82 Å². The van der Waals surface area contributed by atoms with Gasteiger partial charge in [0, 0.05) is 12.2 Å². The summed E-state index contributed by atoms with van der Waals surface area (Å²) < 4.78 is 0. The third kappa shape index (κ3) is 3.06. The second-order valence-corrected chi connectivity index (χ2v) is 4.66. The molecule has 1 saturated carbocycles. The summed E-state index contributed by atoms with van der Waals surface area (Å²) in [4.78, 5) is 8.00. The number of hydrogen-bond acceptors (Lipinski definition) is 3. The number of hydrogen-bond donors (Lipinski definition) is 1. The highest BCUT2D eigenvalue weighted by Crippen LogP contribution is 2.25. The predicted molar refractivity (Wildman–Crippen MR) is 62.1 cm³/mol. The van der Waals surface area contributed by atoms with Gasteiger partial charge in [-0.15, -0.1) is 0 Å². The second-order valence-electron chi connectivity index (χ2n) is 4.32. The highest BCUT2D eigenvalue weighted by molar-refractivity contribution is 6.28. The van der Waals surface area contributed by atoms with E-state index in [2.05, 4.69) is 22.2 Å². The lowest BCUT2D eigenvalue weighted by atomic mass is 9.87. The van der Waals surface area contributed by atoms with Crippen molar-refractivity contribution in [2.24, 2.45) is 5.92 Å². The zero-order chi connectivity index (χ0) is 10.7. The fourth-order valence-electron chi connectivity index (χ4n) is 2.19. The van der Waals surface area contributed by atoms with Crippen molar-refractivity contribution in [1.29, 1.82) is 0 Å². The largest absolute Gasteiger partial charge is 0.367 e. The molecule has 0 bridgehead atoms. The van der Waals surface area contributed by atoms with Crippen LogP contribution in [0.3, 0.4) is 0 Å². The molecule has 1 aromatic rings. The van der Waals surface area contributed by atoms with Crippen LogP contribution in [0.25, 0.3) is 0 Å². The summed E-state index contributed by atoms with van der Waals surface area (Å²) in [6.07, 6.45) is 6.79. The summed E-state index contributed by atoms with van der Waals surface area (Å²) in [5, 5.41) is 3.73. The fourth-order valence-corrected chi connectivity index (χ4v) is 2.34. The minimum atomic E-state index is 0.309. The third-order valence-electron chi connectivity index (χ3n) is 2.91. The molecule has 1 fully saturated rings. The Balaban J connectivity index is 1.96. The van der Waals surface area contributed by atoms with Gasteiger partial charge >= 0.3 is 0 Å². The molecular weight excluding hydrogens is 210 g/mol. The van der Waals surface area contributed by atoms with Crippen LogP contribution >= 0.6 is 11.6 Å². The molecule has 1 aromatic heterocycles. The Morgan fingerprint density at radius 3 is 3.07 bits per heavy atom. The van der Waals surface area contributed by atoms with Crippen LogP contribution < -0.4 is 5.32 Å². The fraction of sp³-hybridized carbons (Fsp3) is 0.636. The molecule has 1 N–H and O–H groups in total. The number of nitrogens with zero attached hydrogens (tertiary/aromatic N) is 2. The molecule has 82 valence electrons. The van der Waals surface area contributed by atoms with Crippen molar-refractivity contribution < 1.29 is 0 Å². The molecule has 1 heterocycles. The molecular formula is C11H16ClN3. The summed E-state index contributed by atoms with van der Waals surface area (Å²) in [7, 11) is 0. The third-order valence-corrected chi connectivity index (χ3v) is 3.10. The first kappa shape index (κ1) is 10.7. The van der Waals surface area contributed by atoms with Crippen LogP contribution in [0.4, 0.5) is 5.82 Å². The maximum atomic E-state index is 5.73. The SMILES string of the molecule is CC1CCCC(Nc2ccnc(Cl)n2)C1. The van der Waals surface area contributed by atoms with Crippen LogP contribution in [0.2, 0.25) is 5.28 Å². The average Bonchev–Trinajstić information content (AvgIpc) is 2.17. The highest BCUT2D eigenvalue weighted by atomic mass is 35.5. The van der Waals surface area contributed by atoms with Gasteiger partial charge in [-0.2, -0.15) is 0 Å². The van der Waals surface area contributed by atoms with Gasteiger partial charge in [0.2, 0.25) is 5.28 Å². The van der Waals surface area contributed by atoms with E-state index in [-0.39, 0.29) is 0 Å². The topological polar surface area (TPSA) is 37.8 Å². The smallest absolute Gasteiger partial charge is 0.224 e. The van der Waals surface area contributed by atoms with Crippen molar-refractivity contribution in [3.63, 3.8) is 0 Å². The molecule has 0 aliphatic heterocycles. The molecule has 4 heteroatoms. The van der Waals surface area contributed by atoms with E-state index in [1.807, 2.05) is 6.07 Å². The van der Waals surface area contributed by atoms with E-state index in [4.69, 9.17) is 11.6 Å². The lowest BCUT2D eigenvalue weighted by Crippen LogP contribution is -2.26. The lowest BCUT2D eigenvalue weighted by Gasteiger charge is -2.27. The molecule has 0 radical (unpaired) electrons. The number of halogens is 1. The van der Waals surface area contributed by atoms with E-state index in [1.165, 1.54) is 25.7 Å². The molecule has 2 rings (SSSR count). The summed E-state index contributed by atoms with van der Waals surface area (Å²) in [5.41, 5.74) is 0. The van der Waals surface area contributed by atoms with Crippen molar-refractivity contribution in [2.75, 3.05) is 5.32 Å². The van der Waals surface area contributed by atoms with Gasteiger partial charge < -0.3 is 5.32 Å². The average molecular weight is 226 g/mol. The Hall–Kier alpha value is -0.830. The lowest BCUT2D eigenvalue weighted by molar-refractivity contribution is 0.358. The maximum Gasteiger partial charge on any atom is 0.224 e. The maximum absolute atomic E-state index is 5.73. The summed E-state index contributed by atoms with van der Waals surface area (Å²) in [5.74, 6) is 1.66. The quantitative estimate of drug-likeness (QED) is 0.786. The molecule has 0 aromatic carbocycles.